The summed E-state index contributed by atoms with van der Waals surface area (Å²) < 4.78 is 0. The third-order valence-corrected chi connectivity index (χ3v) is 3.84. The average molecular weight is 226 g/mol. The molecule has 0 aromatic carbocycles. The van der Waals surface area contributed by atoms with Gasteiger partial charge in [0.05, 0.1) is 17.3 Å². The van der Waals surface area contributed by atoms with Crippen molar-refractivity contribution in [2.75, 3.05) is 6.61 Å². The lowest BCUT2D eigenvalue weighted by Crippen LogP contribution is -2.31. The molecule has 15 heavy (non-hydrogen) atoms. The topological polar surface area (TPSA) is 45.1 Å². The van der Waals surface area contributed by atoms with Gasteiger partial charge in [-0.2, -0.15) is 0 Å². The molecule has 1 aromatic heterocycles. The van der Waals surface area contributed by atoms with Crippen LogP contribution in [-0.4, -0.2) is 22.7 Å². The predicted octanol–water partition coefficient (Wildman–Crippen LogP) is 1.88. The maximum Gasteiger partial charge on any atom is 0.0959 e. The number of aliphatic hydroxyl groups excluding tert-OH is 1. The van der Waals surface area contributed by atoms with E-state index in [1.807, 2.05) is 0 Å². The van der Waals surface area contributed by atoms with Crippen LogP contribution in [0.1, 0.15) is 42.8 Å². The van der Waals surface area contributed by atoms with Crippen LogP contribution in [0.3, 0.4) is 0 Å². The molecule has 84 valence electrons. The Bertz CT molecular complexity index is 305. The summed E-state index contributed by atoms with van der Waals surface area (Å²) in [6.07, 6.45) is 3.58. The summed E-state index contributed by atoms with van der Waals surface area (Å²) in [4.78, 5) is 4.59. The maximum atomic E-state index is 9.03. The van der Waals surface area contributed by atoms with Crippen LogP contribution < -0.4 is 5.32 Å². The highest BCUT2D eigenvalue weighted by Gasteiger charge is 2.26. The number of hydrogen-bond donors (Lipinski definition) is 2. The van der Waals surface area contributed by atoms with Crippen LogP contribution in [0.2, 0.25) is 0 Å². The fraction of sp³-hybridized carbons (Fsp3) is 0.727. The van der Waals surface area contributed by atoms with Crippen molar-refractivity contribution in [2.45, 2.75) is 44.7 Å². The molecule has 1 aromatic rings. The second kappa shape index (κ2) is 5.05. The van der Waals surface area contributed by atoms with Crippen molar-refractivity contribution >= 4 is 11.3 Å². The summed E-state index contributed by atoms with van der Waals surface area (Å²) in [5.74, 6) is 0.753. The van der Waals surface area contributed by atoms with Crippen LogP contribution in [-0.2, 0) is 6.54 Å². The fourth-order valence-electron chi connectivity index (χ4n) is 1.51. The first kappa shape index (κ1) is 11.0. The first-order chi connectivity index (χ1) is 7.33. The number of rotatable bonds is 6. The van der Waals surface area contributed by atoms with Crippen molar-refractivity contribution in [1.82, 2.24) is 10.3 Å². The van der Waals surface area contributed by atoms with Gasteiger partial charge < -0.3 is 10.4 Å². The van der Waals surface area contributed by atoms with Gasteiger partial charge in [0.1, 0.15) is 0 Å². The summed E-state index contributed by atoms with van der Waals surface area (Å²) in [6, 6.07) is 0.205. The van der Waals surface area contributed by atoms with E-state index in [0.717, 1.165) is 24.6 Å². The van der Waals surface area contributed by atoms with Gasteiger partial charge in [0.2, 0.25) is 0 Å². The molecule has 1 fully saturated rings. The number of nitrogens with zero attached hydrogens (tertiary/aromatic N) is 1. The maximum absolute atomic E-state index is 9.03. The minimum atomic E-state index is 0.204. The summed E-state index contributed by atoms with van der Waals surface area (Å²) in [7, 11) is 0. The van der Waals surface area contributed by atoms with Gasteiger partial charge in [-0.25, -0.2) is 4.98 Å². The van der Waals surface area contributed by atoms with Gasteiger partial charge in [-0.1, -0.05) is 6.92 Å². The van der Waals surface area contributed by atoms with Crippen LogP contribution in [0, 0.1) is 0 Å². The number of thiazole rings is 1. The minimum absolute atomic E-state index is 0.204. The molecule has 0 bridgehead atoms. The molecule has 4 heteroatoms. The molecule has 0 radical (unpaired) electrons. The first-order valence-electron chi connectivity index (χ1n) is 5.62. The van der Waals surface area contributed by atoms with Crippen LogP contribution >= 0.6 is 11.3 Å². The Labute approximate surface area is 94.5 Å². The Morgan fingerprint density at radius 1 is 1.67 bits per heavy atom. The Kier molecular flexibility index (Phi) is 3.72. The molecule has 1 aliphatic rings. The molecule has 1 unspecified atom stereocenters. The molecule has 0 saturated heterocycles. The van der Waals surface area contributed by atoms with Crippen molar-refractivity contribution in [3.8, 4) is 0 Å². The zero-order valence-corrected chi connectivity index (χ0v) is 9.89. The van der Waals surface area contributed by atoms with Gasteiger partial charge in [-0.15, -0.1) is 11.3 Å². The number of aromatic nitrogens is 1. The van der Waals surface area contributed by atoms with Crippen LogP contribution in [0.25, 0.3) is 0 Å². The van der Waals surface area contributed by atoms with Gasteiger partial charge >= 0.3 is 0 Å². The Hall–Kier alpha value is -0.450. The van der Waals surface area contributed by atoms with E-state index in [4.69, 9.17) is 5.11 Å². The van der Waals surface area contributed by atoms with Gasteiger partial charge in [0.25, 0.3) is 0 Å². The monoisotopic (exact) mass is 226 g/mol. The van der Waals surface area contributed by atoms with Crippen molar-refractivity contribution in [2.24, 2.45) is 0 Å². The van der Waals surface area contributed by atoms with Crippen LogP contribution in [0.5, 0.6) is 0 Å². The SMILES string of the molecule is CCC(CO)NCc1csc(C2CC2)n1. The zero-order valence-electron chi connectivity index (χ0n) is 9.07. The van der Waals surface area contributed by atoms with Gasteiger partial charge in [0.15, 0.2) is 0 Å². The molecule has 2 rings (SSSR count). The first-order valence-corrected chi connectivity index (χ1v) is 6.50. The quantitative estimate of drug-likeness (QED) is 0.778. The normalized spacial score (nSPS) is 18.0. The van der Waals surface area contributed by atoms with Gasteiger partial charge in [0, 0.05) is 23.9 Å². The smallest absolute Gasteiger partial charge is 0.0959 e. The molecule has 2 N–H and O–H groups in total. The highest BCUT2D eigenvalue weighted by Crippen LogP contribution is 2.41. The van der Waals surface area contributed by atoms with E-state index in [2.05, 4.69) is 22.6 Å². The number of nitrogens with one attached hydrogen (secondary N) is 1. The van der Waals surface area contributed by atoms with E-state index in [1.54, 1.807) is 11.3 Å². The molecule has 1 atom stereocenters. The van der Waals surface area contributed by atoms with E-state index in [0.29, 0.717) is 0 Å². The van der Waals surface area contributed by atoms with E-state index < -0.39 is 0 Å². The summed E-state index contributed by atoms with van der Waals surface area (Å²) in [5, 5.41) is 15.8. The molecule has 1 aliphatic carbocycles. The second-order valence-corrected chi connectivity index (χ2v) is 5.01. The van der Waals surface area contributed by atoms with Crippen LogP contribution in [0.15, 0.2) is 5.38 Å². The fourth-order valence-corrected chi connectivity index (χ4v) is 2.50. The third-order valence-electron chi connectivity index (χ3n) is 2.78. The van der Waals surface area contributed by atoms with E-state index in [-0.39, 0.29) is 12.6 Å². The van der Waals surface area contributed by atoms with Crippen molar-refractivity contribution in [3.63, 3.8) is 0 Å². The molecule has 3 nitrogen and oxygen atoms in total. The van der Waals surface area contributed by atoms with E-state index >= 15 is 0 Å². The van der Waals surface area contributed by atoms with Crippen molar-refractivity contribution < 1.29 is 5.11 Å². The molecular formula is C11H18N2OS. The largest absolute Gasteiger partial charge is 0.395 e. The van der Waals surface area contributed by atoms with Gasteiger partial charge in [-0.05, 0) is 19.3 Å². The number of aliphatic hydroxyl groups is 1. The molecule has 1 saturated carbocycles. The molecule has 0 amide bonds. The van der Waals surface area contributed by atoms with Gasteiger partial charge in [-0.3, -0.25) is 0 Å². The van der Waals surface area contributed by atoms with Crippen molar-refractivity contribution in [1.29, 1.82) is 0 Å². The van der Waals surface area contributed by atoms with Crippen LogP contribution in [0.4, 0.5) is 0 Å². The lowest BCUT2D eigenvalue weighted by molar-refractivity contribution is 0.238. The molecule has 0 spiro atoms. The summed E-state index contributed by atoms with van der Waals surface area (Å²) >= 11 is 1.77. The standard InChI is InChI=1S/C11H18N2OS/c1-2-9(6-14)12-5-10-7-15-11(13-10)8-3-4-8/h7-9,12,14H,2-6H2,1H3. The second-order valence-electron chi connectivity index (χ2n) is 4.12. The lowest BCUT2D eigenvalue weighted by atomic mass is 10.2. The van der Waals surface area contributed by atoms with E-state index in [9.17, 15) is 0 Å². The highest BCUT2D eigenvalue weighted by molar-refractivity contribution is 7.09. The molecule has 0 aliphatic heterocycles. The number of hydrogen-bond acceptors (Lipinski definition) is 4. The average Bonchev–Trinajstić information content (AvgIpc) is 3.01. The molecule has 1 heterocycles. The Morgan fingerprint density at radius 2 is 2.47 bits per heavy atom. The lowest BCUT2D eigenvalue weighted by Gasteiger charge is -2.12. The summed E-state index contributed by atoms with van der Waals surface area (Å²) in [5.41, 5.74) is 1.12. The third kappa shape index (κ3) is 3.00. The molecular weight excluding hydrogens is 208 g/mol. The van der Waals surface area contributed by atoms with E-state index in [1.165, 1.54) is 17.8 Å². The Morgan fingerprint density at radius 3 is 3.07 bits per heavy atom. The zero-order chi connectivity index (χ0) is 10.7. The van der Waals surface area contributed by atoms with Crippen molar-refractivity contribution in [3.05, 3.63) is 16.1 Å². The minimum Gasteiger partial charge on any atom is -0.395 e. The predicted molar refractivity (Wildman–Crippen MR) is 62.1 cm³/mol. The highest BCUT2D eigenvalue weighted by atomic mass is 32.1. The Balaban J connectivity index is 1.82. The summed E-state index contributed by atoms with van der Waals surface area (Å²) in [6.45, 7) is 3.06.